The van der Waals surface area contributed by atoms with Gasteiger partial charge in [0.05, 0.1) is 6.54 Å². The molecule has 4 heteroatoms. The third-order valence-electron chi connectivity index (χ3n) is 4.61. The first-order chi connectivity index (χ1) is 10.1. The van der Waals surface area contributed by atoms with Crippen LogP contribution in [0, 0.1) is 5.92 Å². The molecule has 0 heterocycles. The highest BCUT2D eigenvalue weighted by molar-refractivity contribution is 5.76. The molecule has 1 fully saturated rings. The number of benzene rings is 1. The highest BCUT2D eigenvalue weighted by Gasteiger charge is 2.26. The average molecular weight is 289 g/mol. The number of nitrogen functional groups attached to an aromatic ring is 1. The number of hydrogen-bond acceptors (Lipinski definition) is 3. The van der Waals surface area contributed by atoms with Crippen LogP contribution in [0.2, 0.25) is 0 Å². The van der Waals surface area contributed by atoms with E-state index in [1.54, 1.807) is 0 Å². The van der Waals surface area contributed by atoms with Gasteiger partial charge in [-0.2, -0.15) is 0 Å². The van der Waals surface area contributed by atoms with E-state index in [9.17, 15) is 4.79 Å². The summed E-state index contributed by atoms with van der Waals surface area (Å²) in [4.78, 5) is 13.6. The number of rotatable bonds is 6. The molecule has 1 aromatic rings. The molecule has 0 unspecified atom stereocenters. The summed E-state index contributed by atoms with van der Waals surface area (Å²) < 4.78 is 0. The summed E-state index contributed by atoms with van der Waals surface area (Å²) in [6.45, 7) is 3.34. The van der Waals surface area contributed by atoms with Gasteiger partial charge in [-0.05, 0) is 49.3 Å². The molecule has 0 aromatic heterocycles. The smallest absolute Gasteiger partial charge is 0.231 e. The first-order valence-electron chi connectivity index (χ1n) is 7.95. The van der Waals surface area contributed by atoms with Gasteiger partial charge >= 0.3 is 0 Å². The predicted molar refractivity (Wildman–Crippen MR) is 86.5 cm³/mol. The standard InChI is InChI=1S/C17H27N3O/c1-2-13-6-8-16(9-7-13)20(12-17(19)21)11-14-4-3-5-15(18)10-14/h3-5,10,13,16H,2,6-9,11-12,18H2,1H3,(H2,19,21). The van der Waals surface area contributed by atoms with Crippen molar-refractivity contribution in [3.8, 4) is 0 Å². The molecule has 21 heavy (non-hydrogen) atoms. The van der Waals surface area contributed by atoms with E-state index in [1.165, 1.54) is 19.3 Å². The summed E-state index contributed by atoms with van der Waals surface area (Å²) in [6.07, 6.45) is 6.10. The third kappa shape index (κ3) is 4.74. The maximum atomic E-state index is 11.4. The number of nitrogens with two attached hydrogens (primary N) is 2. The molecule has 4 nitrogen and oxygen atoms in total. The fourth-order valence-electron chi connectivity index (χ4n) is 3.36. The van der Waals surface area contributed by atoms with Gasteiger partial charge in [-0.3, -0.25) is 9.69 Å². The Labute approximate surface area is 127 Å². The van der Waals surface area contributed by atoms with Crippen LogP contribution < -0.4 is 11.5 Å². The van der Waals surface area contributed by atoms with Crippen molar-refractivity contribution in [3.05, 3.63) is 29.8 Å². The maximum Gasteiger partial charge on any atom is 0.231 e. The summed E-state index contributed by atoms with van der Waals surface area (Å²) in [5.74, 6) is 0.598. The Balaban J connectivity index is 2.02. The SMILES string of the molecule is CCC1CCC(N(CC(N)=O)Cc2cccc(N)c2)CC1. The molecule has 0 aliphatic heterocycles. The number of primary amides is 1. The molecule has 0 radical (unpaired) electrons. The van der Waals surface area contributed by atoms with Gasteiger partial charge in [0.2, 0.25) is 5.91 Å². The topological polar surface area (TPSA) is 72.3 Å². The van der Waals surface area contributed by atoms with Crippen LogP contribution in [0.3, 0.4) is 0 Å². The van der Waals surface area contributed by atoms with Crippen molar-refractivity contribution in [3.63, 3.8) is 0 Å². The lowest BCUT2D eigenvalue weighted by Crippen LogP contribution is -2.42. The Morgan fingerprint density at radius 2 is 2.00 bits per heavy atom. The highest BCUT2D eigenvalue weighted by Crippen LogP contribution is 2.30. The van der Waals surface area contributed by atoms with Gasteiger partial charge in [-0.1, -0.05) is 25.5 Å². The third-order valence-corrected chi connectivity index (χ3v) is 4.61. The quantitative estimate of drug-likeness (QED) is 0.790. The summed E-state index contributed by atoms with van der Waals surface area (Å²) in [5.41, 5.74) is 13.2. The van der Waals surface area contributed by atoms with Crippen LogP contribution in [-0.2, 0) is 11.3 Å². The molecule has 1 aliphatic rings. The van der Waals surface area contributed by atoms with Crippen molar-refractivity contribution in [2.45, 2.75) is 51.6 Å². The van der Waals surface area contributed by atoms with Gasteiger partial charge in [0.1, 0.15) is 0 Å². The Bertz CT molecular complexity index is 467. The first kappa shape index (κ1) is 15.8. The Morgan fingerprint density at radius 3 is 2.57 bits per heavy atom. The summed E-state index contributed by atoms with van der Waals surface area (Å²) in [7, 11) is 0. The molecule has 0 saturated heterocycles. The second-order valence-electron chi connectivity index (χ2n) is 6.20. The Hall–Kier alpha value is -1.55. The molecule has 4 N–H and O–H groups in total. The number of nitrogens with zero attached hydrogens (tertiary/aromatic N) is 1. The summed E-state index contributed by atoms with van der Waals surface area (Å²) in [5, 5.41) is 0. The molecular weight excluding hydrogens is 262 g/mol. The van der Waals surface area contributed by atoms with Crippen molar-refractivity contribution in [1.29, 1.82) is 0 Å². The fraction of sp³-hybridized carbons (Fsp3) is 0.588. The summed E-state index contributed by atoms with van der Waals surface area (Å²) >= 11 is 0. The van der Waals surface area contributed by atoms with E-state index in [-0.39, 0.29) is 5.91 Å². The summed E-state index contributed by atoms with van der Waals surface area (Å²) in [6, 6.07) is 8.34. The van der Waals surface area contributed by atoms with Crippen molar-refractivity contribution in [1.82, 2.24) is 4.90 Å². The highest BCUT2D eigenvalue weighted by atomic mass is 16.1. The molecule has 1 aliphatic carbocycles. The molecule has 0 atom stereocenters. The average Bonchev–Trinajstić information content (AvgIpc) is 2.46. The van der Waals surface area contributed by atoms with Crippen LogP contribution >= 0.6 is 0 Å². The van der Waals surface area contributed by atoms with E-state index < -0.39 is 0 Å². The number of hydrogen-bond donors (Lipinski definition) is 2. The van der Waals surface area contributed by atoms with Crippen LogP contribution in [0.4, 0.5) is 5.69 Å². The van der Waals surface area contributed by atoms with Gasteiger partial charge in [0, 0.05) is 18.3 Å². The molecule has 0 spiro atoms. The van der Waals surface area contributed by atoms with E-state index in [0.29, 0.717) is 12.6 Å². The molecule has 0 bridgehead atoms. The van der Waals surface area contributed by atoms with Crippen molar-refractivity contribution in [2.24, 2.45) is 11.7 Å². The lowest BCUT2D eigenvalue weighted by molar-refractivity contribution is -0.120. The predicted octanol–water partition coefficient (Wildman–Crippen LogP) is 2.52. The van der Waals surface area contributed by atoms with Crippen LogP contribution in [0.1, 0.15) is 44.6 Å². The molecule has 1 amide bonds. The van der Waals surface area contributed by atoms with E-state index >= 15 is 0 Å². The van der Waals surface area contributed by atoms with Gasteiger partial charge in [-0.25, -0.2) is 0 Å². The second kappa shape index (κ2) is 7.46. The fourth-order valence-corrected chi connectivity index (χ4v) is 3.36. The van der Waals surface area contributed by atoms with Crippen LogP contribution in [0.15, 0.2) is 24.3 Å². The lowest BCUT2D eigenvalue weighted by Gasteiger charge is -2.36. The minimum atomic E-state index is -0.253. The molecular formula is C17H27N3O. The molecule has 1 aromatic carbocycles. The zero-order chi connectivity index (χ0) is 15.2. The number of carbonyl (C=O) groups is 1. The minimum absolute atomic E-state index is 0.253. The lowest BCUT2D eigenvalue weighted by atomic mass is 9.84. The Morgan fingerprint density at radius 1 is 1.29 bits per heavy atom. The number of amides is 1. The van der Waals surface area contributed by atoms with Crippen LogP contribution in [0.5, 0.6) is 0 Å². The largest absolute Gasteiger partial charge is 0.399 e. The zero-order valence-corrected chi connectivity index (χ0v) is 12.9. The second-order valence-corrected chi connectivity index (χ2v) is 6.20. The zero-order valence-electron chi connectivity index (χ0n) is 12.9. The van der Waals surface area contributed by atoms with Gasteiger partial charge in [-0.15, -0.1) is 0 Å². The van der Waals surface area contributed by atoms with Crippen LogP contribution in [-0.4, -0.2) is 23.4 Å². The van der Waals surface area contributed by atoms with Crippen LogP contribution in [0.25, 0.3) is 0 Å². The van der Waals surface area contributed by atoms with E-state index in [2.05, 4.69) is 17.9 Å². The van der Waals surface area contributed by atoms with E-state index in [4.69, 9.17) is 11.5 Å². The van der Waals surface area contributed by atoms with E-state index in [1.807, 2.05) is 18.2 Å². The van der Waals surface area contributed by atoms with E-state index in [0.717, 1.165) is 36.6 Å². The molecule has 2 rings (SSSR count). The maximum absolute atomic E-state index is 11.4. The van der Waals surface area contributed by atoms with Crippen molar-refractivity contribution >= 4 is 11.6 Å². The molecule has 116 valence electrons. The van der Waals surface area contributed by atoms with Gasteiger partial charge in [0.25, 0.3) is 0 Å². The van der Waals surface area contributed by atoms with Gasteiger partial charge < -0.3 is 11.5 Å². The molecule has 1 saturated carbocycles. The first-order valence-corrected chi connectivity index (χ1v) is 7.95. The van der Waals surface area contributed by atoms with Gasteiger partial charge in [0.15, 0.2) is 0 Å². The monoisotopic (exact) mass is 289 g/mol. The van der Waals surface area contributed by atoms with Crippen molar-refractivity contribution in [2.75, 3.05) is 12.3 Å². The minimum Gasteiger partial charge on any atom is -0.399 e. The Kier molecular flexibility index (Phi) is 5.62. The number of carbonyl (C=O) groups excluding carboxylic acids is 1. The normalized spacial score (nSPS) is 22.4. The number of anilines is 1. The van der Waals surface area contributed by atoms with Crippen molar-refractivity contribution < 1.29 is 4.79 Å².